The van der Waals surface area contributed by atoms with Crippen LogP contribution in [0.4, 0.5) is 0 Å². The first-order chi connectivity index (χ1) is 8.36. The minimum Gasteiger partial charge on any atom is -0.488 e. The zero-order valence-electron chi connectivity index (χ0n) is 9.34. The largest absolute Gasteiger partial charge is 0.488 e. The van der Waals surface area contributed by atoms with E-state index < -0.39 is 0 Å². The summed E-state index contributed by atoms with van der Waals surface area (Å²) in [6.07, 6.45) is 4.09. The van der Waals surface area contributed by atoms with Crippen molar-refractivity contribution in [2.75, 3.05) is 6.61 Å². The molecule has 0 bridgehead atoms. The average Bonchev–Trinajstić information content (AvgIpc) is 2.38. The van der Waals surface area contributed by atoms with Crippen molar-refractivity contribution < 1.29 is 4.74 Å². The molecule has 0 atom stereocenters. The zero-order chi connectivity index (χ0) is 11.9. The number of hydrogen-bond donors (Lipinski definition) is 0. The smallest absolute Gasteiger partial charge is 0.133 e. The lowest BCUT2D eigenvalue weighted by molar-refractivity contribution is 0.361. The summed E-state index contributed by atoms with van der Waals surface area (Å²) in [6, 6.07) is 18.2. The van der Waals surface area contributed by atoms with Gasteiger partial charge in [-0.1, -0.05) is 48.5 Å². The van der Waals surface area contributed by atoms with Crippen molar-refractivity contribution in [1.82, 2.24) is 0 Å². The number of rotatable bonds is 4. The molecule has 0 N–H and O–H groups in total. The van der Waals surface area contributed by atoms with Crippen molar-refractivity contribution in [3.63, 3.8) is 0 Å². The van der Waals surface area contributed by atoms with Crippen LogP contribution in [0.3, 0.4) is 0 Å². The van der Waals surface area contributed by atoms with Gasteiger partial charge in [-0.25, -0.2) is 0 Å². The number of benzene rings is 2. The molecule has 1 nitrogen and oxygen atoms in total. The molecule has 17 heavy (non-hydrogen) atoms. The first kappa shape index (κ1) is 12.2. The summed E-state index contributed by atoms with van der Waals surface area (Å²) in [5.41, 5.74) is 1.19. The third-order valence-electron chi connectivity index (χ3n) is 2.28. The predicted octanol–water partition coefficient (Wildman–Crippen LogP) is 4.38. The zero-order valence-corrected chi connectivity index (χ0v) is 11.5. The van der Waals surface area contributed by atoms with Gasteiger partial charge in [-0.3, -0.25) is 0 Å². The quantitative estimate of drug-likeness (QED) is 0.753. The van der Waals surface area contributed by atoms with Crippen LogP contribution in [0.1, 0.15) is 5.56 Å². The Morgan fingerprint density at radius 1 is 0.941 bits per heavy atom. The van der Waals surface area contributed by atoms with E-state index in [1.807, 2.05) is 48.5 Å². The van der Waals surface area contributed by atoms with Crippen molar-refractivity contribution in [2.24, 2.45) is 0 Å². The van der Waals surface area contributed by atoms with Gasteiger partial charge >= 0.3 is 0 Å². The van der Waals surface area contributed by atoms with Crippen molar-refractivity contribution in [3.8, 4) is 5.75 Å². The number of ether oxygens (including phenoxy) is 1. The number of halogens is 1. The molecule has 0 saturated heterocycles. The Hall–Kier alpha value is -1.29. The summed E-state index contributed by atoms with van der Waals surface area (Å²) in [7, 11) is 0. The van der Waals surface area contributed by atoms with Gasteiger partial charge in [0, 0.05) is 0 Å². The van der Waals surface area contributed by atoms with Crippen LogP contribution in [0.5, 0.6) is 5.75 Å². The highest BCUT2D eigenvalue weighted by atomic mass is 127. The van der Waals surface area contributed by atoms with E-state index in [1.54, 1.807) is 0 Å². The third-order valence-corrected chi connectivity index (χ3v) is 3.17. The first-order valence-corrected chi connectivity index (χ1v) is 6.53. The molecule has 0 fully saturated rings. The van der Waals surface area contributed by atoms with Gasteiger partial charge < -0.3 is 4.74 Å². The van der Waals surface area contributed by atoms with Gasteiger partial charge in [0.05, 0.1) is 3.57 Å². The Morgan fingerprint density at radius 3 is 2.41 bits per heavy atom. The lowest BCUT2D eigenvalue weighted by atomic mass is 10.2. The summed E-state index contributed by atoms with van der Waals surface area (Å²) in [6.45, 7) is 0.592. The average molecular weight is 336 g/mol. The summed E-state index contributed by atoms with van der Waals surface area (Å²) in [5.74, 6) is 0.936. The molecular formula is C15H13IO. The van der Waals surface area contributed by atoms with Gasteiger partial charge in [0.2, 0.25) is 0 Å². The molecule has 0 aliphatic carbocycles. The second kappa shape index (κ2) is 6.45. The van der Waals surface area contributed by atoms with E-state index in [2.05, 4.69) is 40.8 Å². The van der Waals surface area contributed by atoms with Crippen LogP contribution in [-0.2, 0) is 0 Å². The lowest BCUT2D eigenvalue weighted by Gasteiger charge is -2.04. The molecule has 0 aliphatic heterocycles. The molecule has 0 unspecified atom stereocenters. The lowest BCUT2D eigenvalue weighted by Crippen LogP contribution is -1.94. The van der Waals surface area contributed by atoms with Crippen LogP contribution < -0.4 is 4.74 Å². The van der Waals surface area contributed by atoms with E-state index in [0.29, 0.717) is 6.61 Å². The molecule has 0 radical (unpaired) electrons. The van der Waals surface area contributed by atoms with Crippen LogP contribution >= 0.6 is 22.6 Å². The summed E-state index contributed by atoms with van der Waals surface area (Å²) in [5, 5.41) is 0. The van der Waals surface area contributed by atoms with Gasteiger partial charge in [-0.15, -0.1) is 0 Å². The van der Waals surface area contributed by atoms with E-state index in [1.165, 1.54) is 5.56 Å². The minimum atomic E-state index is 0.592. The summed E-state index contributed by atoms with van der Waals surface area (Å²) in [4.78, 5) is 0. The Kier molecular flexibility index (Phi) is 4.62. The molecule has 0 spiro atoms. The third kappa shape index (κ3) is 3.89. The van der Waals surface area contributed by atoms with Gasteiger partial charge in [0.1, 0.15) is 12.4 Å². The van der Waals surface area contributed by atoms with Crippen molar-refractivity contribution in [3.05, 3.63) is 69.8 Å². The van der Waals surface area contributed by atoms with Crippen LogP contribution in [0.2, 0.25) is 0 Å². The maximum absolute atomic E-state index is 5.66. The Labute approximate surface area is 115 Å². The number of hydrogen-bond acceptors (Lipinski definition) is 1. The number of para-hydroxylation sites is 1. The SMILES string of the molecule is Ic1ccccc1OC/C=C/c1ccccc1. The molecule has 0 saturated carbocycles. The Bertz CT molecular complexity index is 491. The highest BCUT2D eigenvalue weighted by molar-refractivity contribution is 14.1. The van der Waals surface area contributed by atoms with Crippen molar-refractivity contribution in [2.45, 2.75) is 0 Å². The van der Waals surface area contributed by atoms with Crippen LogP contribution in [-0.4, -0.2) is 6.61 Å². The maximum Gasteiger partial charge on any atom is 0.133 e. The fourth-order valence-corrected chi connectivity index (χ4v) is 1.99. The molecular weight excluding hydrogens is 323 g/mol. The highest BCUT2D eigenvalue weighted by Gasteiger charge is 1.96. The molecule has 86 valence electrons. The normalized spacial score (nSPS) is 10.6. The minimum absolute atomic E-state index is 0.592. The molecule has 0 heterocycles. The fourth-order valence-electron chi connectivity index (χ4n) is 1.45. The van der Waals surface area contributed by atoms with E-state index in [0.717, 1.165) is 9.32 Å². The predicted molar refractivity (Wildman–Crippen MR) is 80.1 cm³/mol. The molecule has 2 aromatic rings. The monoisotopic (exact) mass is 336 g/mol. The second-order valence-corrected chi connectivity index (χ2v) is 4.72. The molecule has 0 aromatic heterocycles. The van der Waals surface area contributed by atoms with Gasteiger partial charge in [-0.2, -0.15) is 0 Å². The molecule has 2 rings (SSSR count). The molecule has 0 amide bonds. The standard InChI is InChI=1S/C15H13IO/c16-14-10-4-5-11-15(14)17-12-6-9-13-7-2-1-3-8-13/h1-11H,12H2/b9-6+. The van der Waals surface area contributed by atoms with Gasteiger partial charge in [0.25, 0.3) is 0 Å². The van der Waals surface area contributed by atoms with Gasteiger partial charge in [-0.05, 0) is 46.4 Å². The fraction of sp³-hybridized carbons (Fsp3) is 0.0667. The molecule has 2 aromatic carbocycles. The molecule has 0 aliphatic rings. The highest BCUT2D eigenvalue weighted by Crippen LogP contribution is 2.19. The van der Waals surface area contributed by atoms with Crippen molar-refractivity contribution in [1.29, 1.82) is 0 Å². The van der Waals surface area contributed by atoms with Crippen molar-refractivity contribution >= 4 is 28.7 Å². The van der Waals surface area contributed by atoms with E-state index in [-0.39, 0.29) is 0 Å². The van der Waals surface area contributed by atoms with Crippen LogP contribution in [0, 0.1) is 3.57 Å². The van der Waals surface area contributed by atoms with Crippen LogP contribution in [0.25, 0.3) is 6.08 Å². The summed E-state index contributed by atoms with van der Waals surface area (Å²) >= 11 is 2.27. The van der Waals surface area contributed by atoms with Gasteiger partial charge in [0.15, 0.2) is 0 Å². The maximum atomic E-state index is 5.66. The van der Waals surface area contributed by atoms with E-state index >= 15 is 0 Å². The van der Waals surface area contributed by atoms with Crippen LogP contribution in [0.15, 0.2) is 60.7 Å². The topological polar surface area (TPSA) is 9.23 Å². The van der Waals surface area contributed by atoms with E-state index in [4.69, 9.17) is 4.74 Å². The first-order valence-electron chi connectivity index (χ1n) is 5.45. The Morgan fingerprint density at radius 2 is 1.65 bits per heavy atom. The van der Waals surface area contributed by atoms with E-state index in [9.17, 15) is 0 Å². The second-order valence-electron chi connectivity index (χ2n) is 3.55. The summed E-state index contributed by atoms with van der Waals surface area (Å²) < 4.78 is 6.80. The molecule has 2 heteroatoms. The Balaban J connectivity index is 1.88.